The molecule has 1 aliphatic rings. The highest BCUT2D eigenvalue weighted by molar-refractivity contribution is 5.94. The quantitative estimate of drug-likeness (QED) is 0.774. The number of pyridine rings is 1. The molecule has 0 fully saturated rings. The van der Waals surface area contributed by atoms with Gasteiger partial charge in [0.05, 0.1) is 12.7 Å². The molecule has 0 bridgehead atoms. The number of carbonyl (C=O) groups is 2. The second kappa shape index (κ2) is 7.51. The molecular formula is C22H26N2O3. The molecular weight excluding hydrogens is 340 g/mol. The van der Waals surface area contributed by atoms with Gasteiger partial charge in [0.1, 0.15) is 5.69 Å². The van der Waals surface area contributed by atoms with Gasteiger partial charge in [-0.15, -0.1) is 0 Å². The van der Waals surface area contributed by atoms with E-state index in [0.29, 0.717) is 23.1 Å². The van der Waals surface area contributed by atoms with Crippen LogP contribution < -0.4 is 0 Å². The lowest BCUT2D eigenvalue weighted by atomic mass is 9.68. The summed E-state index contributed by atoms with van der Waals surface area (Å²) in [6.45, 7) is 6.62. The number of aromatic nitrogens is 1. The molecule has 1 aromatic carbocycles. The molecule has 0 saturated carbocycles. The van der Waals surface area contributed by atoms with E-state index in [9.17, 15) is 9.59 Å². The van der Waals surface area contributed by atoms with Gasteiger partial charge >= 0.3 is 5.97 Å². The van der Waals surface area contributed by atoms with Crippen LogP contribution in [0.3, 0.4) is 0 Å². The summed E-state index contributed by atoms with van der Waals surface area (Å²) < 4.78 is 4.68. The van der Waals surface area contributed by atoms with Crippen LogP contribution in [0.2, 0.25) is 0 Å². The maximum atomic E-state index is 13.1. The number of rotatable bonds is 3. The molecule has 2 aromatic rings. The Morgan fingerprint density at radius 2 is 1.63 bits per heavy atom. The number of benzene rings is 1. The molecule has 1 aliphatic carbocycles. The number of ether oxygens (including phenoxy) is 1. The lowest BCUT2D eigenvalue weighted by Gasteiger charge is -2.45. The van der Waals surface area contributed by atoms with E-state index < -0.39 is 5.97 Å². The van der Waals surface area contributed by atoms with Gasteiger partial charge in [-0.3, -0.25) is 9.78 Å². The number of hydrogen-bond acceptors (Lipinski definition) is 4. The molecule has 1 aromatic heterocycles. The van der Waals surface area contributed by atoms with Gasteiger partial charge in [0, 0.05) is 25.2 Å². The summed E-state index contributed by atoms with van der Waals surface area (Å²) in [6.07, 6.45) is 1.39. The van der Waals surface area contributed by atoms with E-state index >= 15 is 0 Å². The molecule has 4 atom stereocenters. The molecule has 27 heavy (non-hydrogen) atoms. The third-order valence-electron chi connectivity index (χ3n) is 5.99. The summed E-state index contributed by atoms with van der Waals surface area (Å²) in [5.41, 5.74) is 3.34. The molecule has 0 N–H and O–H groups in total. The molecule has 142 valence electrons. The van der Waals surface area contributed by atoms with Crippen LogP contribution in [-0.2, 0) is 4.74 Å². The van der Waals surface area contributed by atoms with Crippen molar-refractivity contribution in [3.05, 3.63) is 65.0 Å². The standard InChI is InChI=1S/C22H26N2O3/c1-13-14(2)20(15(3)18-9-7-6-8-17(13)18)24(4)21(25)19-11-10-16(12-23-19)22(26)27-5/h6-15,20H,1-5H3. The molecule has 0 radical (unpaired) electrons. The van der Waals surface area contributed by atoms with Crippen LogP contribution in [0.1, 0.15) is 64.6 Å². The van der Waals surface area contributed by atoms with E-state index in [2.05, 4.69) is 54.8 Å². The summed E-state index contributed by atoms with van der Waals surface area (Å²) in [7, 11) is 3.16. The van der Waals surface area contributed by atoms with Crippen molar-refractivity contribution >= 4 is 11.9 Å². The molecule has 1 heterocycles. The maximum Gasteiger partial charge on any atom is 0.339 e. The Kier molecular flexibility index (Phi) is 5.31. The third kappa shape index (κ3) is 3.34. The molecule has 5 heteroatoms. The molecule has 0 aliphatic heterocycles. The first-order chi connectivity index (χ1) is 12.9. The largest absolute Gasteiger partial charge is 0.465 e. The van der Waals surface area contributed by atoms with Crippen molar-refractivity contribution in [2.45, 2.75) is 38.6 Å². The fourth-order valence-electron chi connectivity index (χ4n) is 4.32. The number of amides is 1. The molecule has 5 nitrogen and oxygen atoms in total. The van der Waals surface area contributed by atoms with Crippen molar-refractivity contribution in [1.29, 1.82) is 0 Å². The number of esters is 1. The van der Waals surface area contributed by atoms with E-state index in [4.69, 9.17) is 0 Å². The number of likely N-dealkylation sites (N-methyl/N-ethyl adjacent to an activating group) is 1. The molecule has 3 rings (SSSR count). The van der Waals surface area contributed by atoms with Gasteiger partial charge in [-0.2, -0.15) is 0 Å². The number of methoxy groups -OCH3 is 1. The molecule has 0 saturated heterocycles. The zero-order chi connectivity index (χ0) is 19.7. The summed E-state index contributed by atoms with van der Waals surface area (Å²) in [5.74, 6) is 0.317. The van der Waals surface area contributed by atoms with Crippen molar-refractivity contribution < 1.29 is 14.3 Å². The Balaban J connectivity index is 1.87. The van der Waals surface area contributed by atoms with Crippen LogP contribution >= 0.6 is 0 Å². The Bertz CT molecular complexity index is 847. The number of carbonyl (C=O) groups excluding carboxylic acids is 2. The van der Waals surface area contributed by atoms with Crippen LogP contribution in [0.15, 0.2) is 42.6 Å². The normalized spacial score (nSPS) is 24.0. The highest BCUT2D eigenvalue weighted by atomic mass is 16.5. The Morgan fingerprint density at radius 1 is 1.00 bits per heavy atom. The second-order valence-electron chi connectivity index (χ2n) is 7.40. The minimum atomic E-state index is -0.463. The minimum Gasteiger partial charge on any atom is -0.465 e. The first kappa shape index (κ1) is 19.1. The maximum absolute atomic E-state index is 13.1. The smallest absolute Gasteiger partial charge is 0.339 e. The second-order valence-corrected chi connectivity index (χ2v) is 7.40. The predicted molar refractivity (Wildman–Crippen MR) is 104 cm³/mol. The van der Waals surface area contributed by atoms with Gasteiger partial charge in [0.25, 0.3) is 5.91 Å². The van der Waals surface area contributed by atoms with Crippen molar-refractivity contribution in [3.63, 3.8) is 0 Å². The Hall–Kier alpha value is -2.69. The van der Waals surface area contributed by atoms with E-state index in [0.717, 1.165) is 0 Å². The minimum absolute atomic E-state index is 0.0736. The fourth-order valence-corrected chi connectivity index (χ4v) is 4.32. The average molecular weight is 366 g/mol. The van der Waals surface area contributed by atoms with Crippen molar-refractivity contribution in [2.75, 3.05) is 14.2 Å². The van der Waals surface area contributed by atoms with Crippen molar-refractivity contribution in [2.24, 2.45) is 5.92 Å². The third-order valence-corrected chi connectivity index (χ3v) is 5.99. The van der Waals surface area contributed by atoms with E-state index in [1.807, 2.05) is 11.9 Å². The van der Waals surface area contributed by atoms with Crippen LogP contribution in [0.4, 0.5) is 0 Å². The van der Waals surface area contributed by atoms with Gasteiger partial charge in [-0.25, -0.2) is 4.79 Å². The predicted octanol–water partition coefficient (Wildman–Crippen LogP) is 3.87. The van der Waals surface area contributed by atoms with Gasteiger partial charge in [0.2, 0.25) is 0 Å². The molecule has 0 spiro atoms. The lowest BCUT2D eigenvalue weighted by Crippen LogP contribution is -2.48. The SMILES string of the molecule is COC(=O)c1ccc(C(=O)N(C)C2C(C)c3ccccc3C(C)C2C)nc1. The van der Waals surface area contributed by atoms with Crippen LogP contribution in [0.25, 0.3) is 0 Å². The first-order valence-corrected chi connectivity index (χ1v) is 9.27. The highest BCUT2D eigenvalue weighted by Crippen LogP contribution is 2.44. The highest BCUT2D eigenvalue weighted by Gasteiger charge is 2.40. The summed E-state index contributed by atoms with van der Waals surface area (Å²) in [6, 6.07) is 11.7. The van der Waals surface area contributed by atoms with Crippen molar-refractivity contribution in [3.8, 4) is 0 Å². The zero-order valence-electron chi connectivity index (χ0n) is 16.5. The topological polar surface area (TPSA) is 59.5 Å². The Morgan fingerprint density at radius 3 is 2.19 bits per heavy atom. The van der Waals surface area contributed by atoms with E-state index in [1.165, 1.54) is 24.4 Å². The van der Waals surface area contributed by atoms with Crippen LogP contribution in [0, 0.1) is 5.92 Å². The molecule has 4 unspecified atom stereocenters. The van der Waals surface area contributed by atoms with Gasteiger partial charge < -0.3 is 9.64 Å². The van der Waals surface area contributed by atoms with Gasteiger partial charge in [-0.1, -0.05) is 45.0 Å². The zero-order valence-corrected chi connectivity index (χ0v) is 16.5. The fraction of sp³-hybridized carbons (Fsp3) is 0.409. The van der Waals surface area contributed by atoms with E-state index in [-0.39, 0.29) is 17.9 Å². The monoisotopic (exact) mass is 366 g/mol. The number of fused-ring (bicyclic) bond motifs is 1. The average Bonchev–Trinajstić information content (AvgIpc) is 2.71. The Labute approximate surface area is 160 Å². The number of nitrogens with zero attached hydrogens (tertiary/aromatic N) is 2. The lowest BCUT2D eigenvalue weighted by molar-refractivity contribution is 0.0590. The summed E-state index contributed by atoms with van der Waals surface area (Å²) in [4.78, 5) is 30.6. The van der Waals surface area contributed by atoms with Crippen LogP contribution in [0.5, 0.6) is 0 Å². The summed E-state index contributed by atoms with van der Waals surface area (Å²) >= 11 is 0. The van der Waals surface area contributed by atoms with Gasteiger partial charge in [-0.05, 0) is 35.1 Å². The number of hydrogen-bond donors (Lipinski definition) is 0. The molecule has 1 amide bonds. The van der Waals surface area contributed by atoms with Gasteiger partial charge in [0.15, 0.2) is 0 Å². The van der Waals surface area contributed by atoms with Crippen LogP contribution in [-0.4, -0.2) is 42.0 Å². The first-order valence-electron chi connectivity index (χ1n) is 9.27. The van der Waals surface area contributed by atoms with E-state index in [1.54, 1.807) is 12.1 Å². The van der Waals surface area contributed by atoms with Crippen molar-refractivity contribution in [1.82, 2.24) is 9.88 Å². The summed E-state index contributed by atoms with van der Waals surface area (Å²) in [5, 5.41) is 0.